The van der Waals surface area contributed by atoms with Crippen LogP contribution < -0.4 is 10.1 Å². The lowest BCUT2D eigenvalue weighted by atomic mass is 9.72. The van der Waals surface area contributed by atoms with Crippen LogP contribution in [-0.2, 0) is 19.4 Å². The Kier molecular flexibility index (Phi) is 8.20. The van der Waals surface area contributed by atoms with Crippen LogP contribution in [0.5, 0.6) is 5.75 Å². The fraction of sp³-hybridized carbons (Fsp3) is 0.273. The van der Waals surface area contributed by atoms with E-state index in [1.54, 1.807) is 23.5 Å². The van der Waals surface area contributed by atoms with Crippen LogP contribution in [0.25, 0.3) is 0 Å². The summed E-state index contributed by atoms with van der Waals surface area (Å²) >= 11 is 7.69. The van der Waals surface area contributed by atoms with Gasteiger partial charge in [0.1, 0.15) is 17.4 Å². The number of amides is 1. The minimum Gasteiger partial charge on any atom is -0.488 e. The second-order valence-corrected chi connectivity index (χ2v) is 12.5. The van der Waals surface area contributed by atoms with E-state index in [9.17, 15) is 4.79 Å². The summed E-state index contributed by atoms with van der Waals surface area (Å²) in [5, 5.41) is 4.43. The number of nitrogens with one attached hydrogen (secondary N) is 1. The van der Waals surface area contributed by atoms with Crippen molar-refractivity contribution in [3.05, 3.63) is 111 Å². The van der Waals surface area contributed by atoms with Crippen LogP contribution in [0.4, 0.5) is 10.7 Å². The van der Waals surface area contributed by atoms with E-state index >= 15 is 0 Å². The molecule has 4 nitrogen and oxygen atoms in total. The quantitative estimate of drug-likeness (QED) is 0.231. The Labute approximate surface area is 239 Å². The molecular formula is C33H33ClN2O2S. The number of hydrogen-bond donors (Lipinski definition) is 1. The topological polar surface area (TPSA) is 50.7 Å². The monoisotopic (exact) mass is 556 g/mol. The predicted molar refractivity (Wildman–Crippen MR) is 163 cm³/mol. The van der Waals surface area contributed by atoms with Crippen molar-refractivity contribution in [1.29, 1.82) is 0 Å². The number of rotatable bonds is 7. The zero-order valence-corrected chi connectivity index (χ0v) is 24.1. The largest absolute Gasteiger partial charge is 0.488 e. The van der Waals surface area contributed by atoms with E-state index in [1.165, 1.54) is 4.88 Å². The van der Waals surface area contributed by atoms with Crippen molar-refractivity contribution in [1.82, 2.24) is 0 Å². The predicted octanol–water partition coefficient (Wildman–Crippen LogP) is 9.13. The average Bonchev–Trinajstić information content (AvgIpc) is 3.30. The summed E-state index contributed by atoms with van der Waals surface area (Å²) in [5.74, 6) is 1.19. The molecule has 200 valence electrons. The van der Waals surface area contributed by atoms with E-state index in [4.69, 9.17) is 21.3 Å². The molecule has 3 aromatic carbocycles. The van der Waals surface area contributed by atoms with Crippen molar-refractivity contribution >= 4 is 45.7 Å². The number of aliphatic imine (C=N–C) groups is 1. The zero-order valence-electron chi connectivity index (χ0n) is 22.5. The summed E-state index contributed by atoms with van der Waals surface area (Å²) in [6.07, 6.45) is 4.73. The molecule has 5 rings (SSSR count). The molecule has 0 saturated heterocycles. The number of carbonyl (C=O) groups is 1. The lowest BCUT2D eigenvalue weighted by Gasteiger charge is -2.33. The van der Waals surface area contributed by atoms with Gasteiger partial charge < -0.3 is 10.1 Å². The van der Waals surface area contributed by atoms with Gasteiger partial charge in [-0.3, -0.25) is 4.79 Å². The smallest absolute Gasteiger partial charge is 0.259 e. The van der Waals surface area contributed by atoms with E-state index in [2.05, 4.69) is 26.1 Å². The first kappa shape index (κ1) is 27.2. The van der Waals surface area contributed by atoms with Crippen molar-refractivity contribution in [2.75, 3.05) is 5.32 Å². The summed E-state index contributed by atoms with van der Waals surface area (Å²) in [5.41, 5.74) is 4.71. The summed E-state index contributed by atoms with van der Waals surface area (Å²) in [6.45, 7) is 7.38. The highest BCUT2D eigenvalue weighted by Crippen LogP contribution is 2.45. The molecule has 1 atom stereocenters. The standard InChI is InChI=1S/C33H33ClN2O2S/c1-33(2,3)24-13-18-27-29(19-24)39-32(30(27)31(37)36-26-16-14-25(34)15-17-26)35-20-23-11-7-8-12-28(23)38-21-22-9-5-4-6-10-22/h4-12,14-17,20,24H,13,18-19,21H2,1-3H3,(H,36,37)/t24-/m0/s1. The molecule has 0 spiro atoms. The number of para-hydroxylation sites is 1. The van der Waals surface area contributed by atoms with Gasteiger partial charge in [0, 0.05) is 27.4 Å². The van der Waals surface area contributed by atoms with Gasteiger partial charge >= 0.3 is 0 Å². The van der Waals surface area contributed by atoms with E-state index in [-0.39, 0.29) is 11.3 Å². The highest BCUT2D eigenvalue weighted by atomic mass is 35.5. The van der Waals surface area contributed by atoms with E-state index in [1.807, 2.05) is 72.9 Å². The van der Waals surface area contributed by atoms with Crippen LogP contribution in [0.15, 0.2) is 83.9 Å². The van der Waals surface area contributed by atoms with Crippen molar-refractivity contribution in [2.45, 2.75) is 46.6 Å². The molecule has 39 heavy (non-hydrogen) atoms. The number of ether oxygens (including phenoxy) is 1. The third-order valence-corrected chi connectivity index (χ3v) is 8.69. The molecule has 0 radical (unpaired) electrons. The summed E-state index contributed by atoms with van der Waals surface area (Å²) in [6, 6.07) is 25.2. The minimum absolute atomic E-state index is 0.134. The number of nitrogens with zero attached hydrogens (tertiary/aromatic N) is 1. The van der Waals surface area contributed by atoms with E-state index in [0.717, 1.165) is 46.7 Å². The van der Waals surface area contributed by atoms with Crippen molar-refractivity contribution in [3.8, 4) is 5.75 Å². The molecule has 1 heterocycles. The van der Waals surface area contributed by atoms with Gasteiger partial charge in [0.15, 0.2) is 0 Å². The maximum absolute atomic E-state index is 13.6. The molecule has 0 saturated carbocycles. The fourth-order valence-corrected chi connectivity index (χ4v) is 6.34. The number of thiophene rings is 1. The first-order valence-corrected chi connectivity index (χ1v) is 14.5. The number of halogens is 1. The lowest BCUT2D eigenvalue weighted by Crippen LogP contribution is -2.27. The van der Waals surface area contributed by atoms with Gasteiger partial charge in [0.05, 0.1) is 5.56 Å². The second kappa shape index (κ2) is 11.8. The Morgan fingerprint density at radius 3 is 2.51 bits per heavy atom. The number of anilines is 1. The molecule has 0 aliphatic heterocycles. The number of hydrogen-bond acceptors (Lipinski definition) is 4. The van der Waals surface area contributed by atoms with Crippen LogP contribution in [0.2, 0.25) is 5.02 Å². The first-order chi connectivity index (χ1) is 18.8. The molecule has 6 heteroatoms. The third kappa shape index (κ3) is 6.60. The van der Waals surface area contributed by atoms with Crippen molar-refractivity contribution in [2.24, 2.45) is 16.3 Å². The first-order valence-electron chi connectivity index (χ1n) is 13.3. The molecular weight excluding hydrogens is 524 g/mol. The zero-order chi connectivity index (χ0) is 27.4. The SMILES string of the molecule is CC(C)(C)[C@H]1CCc2c(sc(N=Cc3ccccc3OCc3ccccc3)c2C(=O)Nc2ccc(Cl)cc2)C1. The number of carbonyl (C=O) groups excluding carboxylic acids is 1. The van der Waals surface area contributed by atoms with Gasteiger partial charge in [0.25, 0.3) is 5.91 Å². The molecule has 1 aromatic heterocycles. The van der Waals surface area contributed by atoms with Gasteiger partial charge in [-0.1, -0.05) is 74.8 Å². The van der Waals surface area contributed by atoms with Gasteiger partial charge in [-0.2, -0.15) is 0 Å². The molecule has 0 bridgehead atoms. The molecule has 0 unspecified atom stereocenters. The van der Waals surface area contributed by atoms with Crippen molar-refractivity contribution < 1.29 is 9.53 Å². The van der Waals surface area contributed by atoms with E-state index < -0.39 is 0 Å². The minimum atomic E-state index is -0.134. The molecule has 1 aliphatic rings. The Hall–Kier alpha value is -3.41. The summed E-state index contributed by atoms with van der Waals surface area (Å²) in [4.78, 5) is 19.8. The maximum atomic E-state index is 13.6. The van der Waals surface area contributed by atoms with Gasteiger partial charge in [-0.15, -0.1) is 11.3 Å². The second-order valence-electron chi connectivity index (χ2n) is 11.0. The molecule has 1 N–H and O–H groups in total. The molecule has 1 amide bonds. The normalized spacial score (nSPS) is 15.2. The number of benzene rings is 3. The van der Waals surface area contributed by atoms with Crippen LogP contribution >= 0.6 is 22.9 Å². The lowest BCUT2D eigenvalue weighted by molar-refractivity contribution is 0.102. The maximum Gasteiger partial charge on any atom is 0.259 e. The summed E-state index contributed by atoms with van der Waals surface area (Å²) < 4.78 is 6.13. The van der Waals surface area contributed by atoms with Crippen LogP contribution in [0, 0.1) is 11.3 Å². The Morgan fingerprint density at radius 1 is 1.05 bits per heavy atom. The molecule has 0 fully saturated rings. The fourth-order valence-electron chi connectivity index (χ4n) is 4.94. The van der Waals surface area contributed by atoms with Gasteiger partial charge in [0.2, 0.25) is 0 Å². The average molecular weight is 557 g/mol. The van der Waals surface area contributed by atoms with E-state index in [0.29, 0.717) is 28.8 Å². The van der Waals surface area contributed by atoms with Crippen LogP contribution in [0.1, 0.15) is 59.1 Å². The third-order valence-electron chi connectivity index (χ3n) is 7.28. The van der Waals surface area contributed by atoms with Gasteiger partial charge in [-0.25, -0.2) is 4.99 Å². The van der Waals surface area contributed by atoms with Crippen molar-refractivity contribution in [3.63, 3.8) is 0 Å². The highest BCUT2D eigenvalue weighted by Gasteiger charge is 2.33. The molecule has 4 aromatic rings. The Balaban J connectivity index is 1.45. The highest BCUT2D eigenvalue weighted by molar-refractivity contribution is 7.16. The number of fused-ring (bicyclic) bond motifs is 1. The van der Waals surface area contributed by atoms with Gasteiger partial charge in [-0.05, 0) is 78.1 Å². The van der Waals surface area contributed by atoms with Crippen LogP contribution in [0.3, 0.4) is 0 Å². The molecule has 1 aliphatic carbocycles. The Bertz CT molecular complexity index is 1470. The Morgan fingerprint density at radius 2 is 1.77 bits per heavy atom. The summed E-state index contributed by atoms with van der Waals surface area (Å²) in [7, 11) is 0. The van der Waals surface area contributed by atoms with Crippen LogP contribution in [-0.4, -0.2) is 12.1 Å².